The predicted octanol–water partition coefficient (Wildman–Crippen LogP) is 0.935. The molecule has 0 bridgehead atoms. The second-order valence-corrected chi connectivity index (χ2v) is 2.70. The fraction of sp³-hybridized carbons (Fsp3) is 0.857. The van der Waals surface area contributed by atoms with Crippen molar-refractivity contribution >= 4 is 6.41 Å². The smallest absolute Gasteiger partial charge is 0.309 e. The van der Waals surface area contributed by atoms with Crippen LogP contribution in [0.4, 0.5) is 0 Å². The molecule has 0 saturated carbocycles. The average molecular weight is 128 g/mol. The van der Waals surface area contributed by atoms with Crippen LogP contribution in [0.15, 0.2) is 0 Å². The molecule has 1 unspecified atom stereocenters. The minimum Gasteiger partial charge on any atom is -0.348 e. The van der Waals surface area contributed by atoms with Gasteiger partial charge in [0.05, 0.1) is 0 Å². The summed E-state index contributed by atoms with van der Waals surface area (Å²) in [6, 6.07) is 0. The molecule has 0 rings (SSSR count). The minimum absolute atomic E-state index is 0.548. The molecular weight excluding hydrogens is 114 g/mol. The first kappa shape index (κ1) is 8.47. The highest BCUT2D eigenvalue weighted by atomic mass is 16.1. The molecule has 1 radical (unpaired) electrons. The summed E-state index contributed by atoms with van der Waals surface area (Å²) in [5.74, 6) is 1.18. The molecule has 0 aliphatic rings. The van der Waals surface area contributed by atoms with E-state index in [9.17, 15) is 4.79 Å². The van der Waals surface area contributed by atoms with Crippen LogP contribution >= 0.6 is 0 Å². The second-order valence-electron chi connectivity index (χ2n) is 2.70. The Morgan fingerprint density at radius 3 is 2.33 bits per heavy atom. The summed E-state index contributed by atoms with van der Waals surface area (Å²) in [6.45, 7) is 7.12. The van der Waals surface area contributed by atoms with E-state index in [0.717, 1.165) is 6.54 Å². The molecule has 1 atom stereocenters. The van der Waals surface area contributed by atoms with Crippen molar-refractivity contribution in [3.63, 3.8) is 0 Å². The largest absolute Gasteiger partial charge is 0.348 e. The summed E-state index contributed by atoms with van der Waals surface area (Å²) >= 11 is 0. The maximum absolute atomic E-state index is 9.70. The van der Waals surface area contributed by atoms with Crippen LogP contribution in [0.5, 0.6) is 0 Å². The average Bonchev–Trinajstić information content (AvgIpc) is 1.82. The van der Waals surface area contributed by atoms with E-state index in [1.807, 2.05) is 0 Å². The zero-order valence-corrected chi connectivity index (χ0v) is 6.27. The Hall–Kier alpha value is -0.530. The highest BCUT2D eigenvalue weighted by Crippen LogP contribution is 2.06. The van der Waals surface area contributed by atoms with Gasteiger partial charge < -0.3 is 5.32 Å². The molecule has 9 heavy (non-hydrogen) atoms. The van der Waals surface area contributed by atoms with Gasteiger partial charge in [0, 0.05) is 6.54 Å². The molecule has 0 fully saturated rings. The third-order valence-electron chi connectivity index (χ3n) is 1.63. The van der Waals surface area contributed by atoms with Gasteiger partial charge in [0.2, 0.25) is 0 Å². The topological polar surface area (TPSA) is 29.1 Å². The third-order valence-corrected chi connectivity index (χ3v) is 1.63. The van der Waals surface area contributed by atoms with Crippen LogP contribution in [0.1, 0.15) is 20.8 Å². The monoisotopic (exact) mass is 128 g/mol. The van der Waals surface area contributed by atoms with E-state index in [1.165, 1.54) is 0 Å². The lowest BCUT2D eigenvalue weighted by atomic mass is 9.98. The summed E-state index contributed by atoms with van der Waals surface area (Å²) in [6.07, 6.45) is 1.65. The number of carbonyl (C=O) groups excluding carboxylic acids is 1. The van der Waals surface area contributed by atoms with E-state index in [1.54, 1.807) is 6.41 Å². The standard InChI is InChI=1S/C7H14NO/c1-6(2)7(3)4-8-5-9/h6-7H,4H2,1-3H3,(H,8,9). The molecule has 53 valence electrons. The van der Waals surface area contributed by atoms with Gasteiger partial charge in [-0.1, -0.05) is 20.8 Å². The van der Waals surface area contributed by atoms with Crippen LogP contribution in [0, 0.1) is 11.8 Å². The van der Waals surface area contributed by atoms with Gasteiger partial charge in [-0.15, -0.1) is 0 Å². The first-order chi connectivity index (χ1) is 4.18. The number of hydrogen-bond donors (Lipinski definition) is 1. The van der Waals surface area contributed by atoms with Crippen LogP contribution in [0.25, 0.3) is 0 Å². The Labute approximate surface area is 56.6 Å². The molecule has 1 N–H and O–H groups in total. The quantitative estimate of drug-likeness (QED) is 0.561. The van der Waals surface area contributed by atoms with Crippen molar-refractivity contribution in [2.45, 2.75) is 20.8 Å². The Morgan fingerprint density at radius 2 is 2.00 bits per heavy atom. The summed E-state index contributed by atoms with van der Waals surface area (Å²) in [5, 5.41) is 2.52. The normalized spacial score (nSPS) is 13.3. The van der Waals surface area contributed by atoms with Crippen LogP contribution in [0.2, 0.25) is 0 Å². The van der Waals surface area contributed by atoms with E-state index >= 15 is 0 Å². The van der Waals surface area contributed by atoms with Crippen molar-refractivity contribution in [2.24, 2.45) is 11.8 Å². The van der Waals surface area contributed by atoms with E-state index < -0.39 is 0 Å². The summed E-state index contributed by atoms with van der Waals surface area (Å²) < 4.78 is 0. The fourth-order valence-corrected chi connectivity index (χ4v) is 0.438. The lowest BCUT2D eigenvalue weighted by Crippen LogP contribution is -2.22. The van der Waals surface area contributed by atoms with Gasteiger partial charge in [-0.05, 0) is 11.8 Å². The lowest BCUT2D eigenvalue weighted by Gasteiger charge is -2.13. The number of hydrogen-bond acceptors (Lipinski definition) is 1. The zero-order chi connectivity index (χ0) is 7.28. The molecule has 2 nitrogen and oxygen atoms in total. The van der Waals surface area contributed by atoms with Gasteiger partial charge in [-0.2, -0.15) is 0 Å². The predicted molar refractivity (Wildman–Crippen MR) is 37.7 cm³/mol. The molecule has 0 aromatic heterocycles. The Kier molecular flexibility index (Phi) is 4.10. The van der Waals surface area contributed by atoms with Gasteiger partial charge in [-0.3, -0.25) is 4.79 Å². The van der Waals surface area contributed by atoms with E-state index in [4.69, 9.17) is 0 Å². The van der Waals surface area contributed by atoms with Crippen molar-refractivity contribution in [3.05, 3.63) is 0 Å². The number of rotatable bonds is 4. The van der Waals surface area contributed by atoms with Crippen LogP contribution in [-0.2, 0) is 4.79 Å². The molecular formula is C7H14NO. The molecule has 0 saturated heterocycles. The van der Waals surface area contributed by atoms with E-state index in [2.05, 4.69) is 26.1 Å². The van der Waals surface area contributed by atoms with Crippen LogP contribution < -0.4 is 5.32 Å². The molecule has 0 aliphatic heterocycles. The number of amides is 1. The van der Waals surface area contributed by atoms with Crippen LogP contribution in [-0.4, -0.2) is 13.0 Å². The van der Waals surface area contributed by atoms with Crippen molar-refractivity contribution in [2.75, 3.05) is 6.54 Å². The SMILES string of the molecule is CC(C)C(C)CN[C]=O. The first-order valence-electron chi connectivity index (χ1n) is 3.28. The van der Waals surface area contributed by atoms with Crippen molar-refractivity contribution in [1.29, 1.82) is 0 Å². The lowest BCUT2D eigenvalue weighted by molar-refractivity contribution is 0.410. The van der Waals surface area contributed by atoms with Gasteiger partial charge in [-0.25, -0.2) is 0 Å². The Balaban J connectivity index is 3.26. The van der Waals surface area contributed by atoms with Gasteiger partial charge in [0.25, 0.3) is 0 Å². The summed E-state index contributed by atoms with van der Waals surface area (Å²) in [5.41, 5.74) is 0. The van der Waals surface area contributed by atoms with E-state index in [-0.39, 0.29) is 0 Å². The maximum atomic E-state index is 9.70. The zero-order valence-electron chi connectivity index (χ0n) is 6.27. The van der Waals surface area contributed by atoms with Crippen molar-refractivity contribution in [1.82, 2.24) is 5.32 Å². The summed E-state index contributed by atoms with van der Waals surface area (Å²) in [4.78, 5) is 9.70. The van der Waals surface area contributed by atoms with Gasteiger partial charge in [0.15, 0.2) is 0 Å². The fourth-order valence-electron chi connectivity index (χ4n) is 0.438. The molecule has 0 spiro atoms. The molecule has 0 aromatic rings. The van der Waals surface area contributed by atoms with Gasteiger partial charge in [0.1, 0.15) is 0 Å². The highest BCUT2D eigenvalue weighted by molar-refractivity contribution is 5.46. The van der Waals surface area contributed by atoms with Crippen molar-refractivity contribution in [3.8, 4) is 0 Å². The molecule has 0 aliphatic carbocycles. The molecule has 1 amide bonds. The molecule has 0 heterocycles. The maximum Gasteiger partial charge on any atom is 0.309 e. The van der Waals surface area contributed by atoms with Crippen molar-refractivity contribution < 1.29 is 4.79 Å². The third kappa shape index (κ3) is 4.01. The molecule has 2 heteroatoms. The second kappa shape index (κ2) is 4.36. The minimum atomic E-state index is 0.548. The van der Waals surface area contributed by atoms with E-state index in [0.29, 0.717) is 11.8 Å². The number of nitrogens with one attached hydrogen (secondary N) is 1. The first-order valence-corrected chi connectivity index (χ1v) is 3.28. The highest BCUT2D eigenvalue weighted by Gasteiger charge is 2.04. The van der Waals surface area contributed by atoms with Crippen LogP contribution in [0.3, 0.4) is 0 Å². The molecule has 0 aromatic carbocycles. The Bertz CT molecular complexity index is 81.0. The summed E-state index contributed by atoms with van der Waals surface area (Å²) in [7, 11) is 0. The Morgan fingerprint density at radius 1 is 1.44 bits per heavy atom. The van der Waals surface area contributed by atoms with Gasteiger partial charge >= 0.3 is 6.41 Å².